The maximum atomic E-state index is 12.3. The second-order valence-electron chi connectivity index (χ2n) is 6.75. The SMILES string of the molecule is O=C(CC1C(=O)NCCN1Cc1cccs1)NCCN1CCCCC1=O. The number of amides is 3. The fourth-order valence-electron chi connectivity index (χ4n) is 3.45. The summed E-state index contributed by atoms with van der Waals surface area (Å²) in [5.74, 6) is -0.0684. The van der Waals surface area contributed by atoms with E-state index in [1.54, 1.807) is 16.2 Å². The van der Waals surface area contributed by atoms with Crippen LogP contribution in [0.25, 0.3) is 0 Å². The van der Waals surface area contributed by atoms with Gasteiger partial charge >= 0.3 is 0 Å². The molecule has 2 saturated heterocycles. The number of nitrogens with one attached hydrogen (secondary N) is 2. The topological polar surface area (TPSA) is 81.8 Å². The number of rotatable bonds is 7. The molecule has 2 N–H and O–H groups in total. The van der Waals surface area contributed by atoms with Crippen molar-refractivity contribution in [2.75, 3.05) is 32.7 Å². The van der Waals surface area contributed by atoms with Crippen LogP contribution in [-0.2, 0) is 20.9 Å². The molecule has 2 fully saturated rings. The first-order valence-corrected chi connectivity index (χ1v) is 10.1. The van der Waals surface area contributed by atoms with Gasteiger partial charge in [0.1, 0.15) is 0 Å². The summed E-state index contributed by atoms with van der Waals surface area (Å²) >= 11 is 1.66. The molecule has 1 unspecified atom stereocenters. The molecule has 0 aromatic carbocycles. The van der Waals surface area contributed by atoms with Gasteiger partial charge in [-0.3, -0.25) is 19.3 Å². The van der Waals surface area contributed by atoms with Crippen molar-refractivity contribution in [3.63, 3.8) is 0 Å². The third-order valence-corrected chi connectivity index (χ3v) is 5.75. The summed E-state index contributed by atoms with van der Waals surface area (Å²) in [5, 5.41) is 7.73. The Morgan fingerprint density at radius 2 is 2.19 bits per heavy atom. The lowest BCUT2D eigenvalue weighted by molar-refractivity contribution is -0.134. The van der Waals surface area contributed by atoms with Crippen LogP contribution in [0.2, 0.25) is 0 Å². The molecular weight excluding hydrogens is 352 g/mol. The average Bonchev–Trinajstić information content (AvgIpc) is 3.13. The highest BCUT2D eigenvalue weighted by Gasteiger charge is 2.31. The highest BCUT2D eigenvalue weighted by Crippen LogP contribution is 2.17. The van der Waals surface area contributed by atoms with Gasteiger partial charge in [0.2, 0.25) is 17.7 Å². The predicted octanol–water partition coefficient (Wildman–Crippen LogP) is 0.567. The molecule has 0 spiro atoms. The maximum Gasteiger partial charge on any atom is 0.237 e. The van der Waals surface area contributed by atoms with Crippen molar-refractivity contribution in [2.45, 2.75) is 38.3 Å². The second-order valence-corrected chi connectivity index (χ2v) is 7.78. The van der Waals surface area contributed by atoms with Gasteiger partial charge in [-0.2, -0.15) is 0 Å². The monoisotopic (exact) mass is 378 g/mol. The zero-order valence-electron chi connectivity index (χ0n) is 14.9. The summed E-state index contributed by atoms with van der Waals surface area (Å²) in [7, 11) is 0. The molecule has 2 aliphatic rings. The van der Waals surface area contributed by atoms with Gasteiger partial charge in [-0.15, -0.1) is 11.3 Å². The van der Waals surface area contributed by atoms with Crippen molar-refractivity contribution in [1.29, 1.82) is 0 Å². The lowest BCUT2D eigenvalue weighted by Gasteiger charge is -2.34. The minimum atomic E-state index is -0.442. The van der Waals surface area contributed by atoms with Gasteiger partial charge in [0.05, 0.1) is 12.5 Å². The van der Waals surface area contributed by atoms with E-state index in [4.69, 9.17) is 0 Å². The summed E-state index contributed by atoms with van der Waals surface area (Å²) in [4.78, 5) is 41.4. The Kier molecular flexibility index (Phi) is 6.62. The molecule has 3 heterocycles. The second kappa shape index (κ2) is 9.14. The summed E-state index contributed by atoms with van der Waals surface area (Å²) < 4.78 is 0. The smallest absolute Gasteiger partial charge is 0.237 e. The molecule has 26 heavy (non-hydrogen) atoms. The van der Waals surface area contributed by atoms with E-state index in [-0.39, 0.29) is 24.1 Å². The fraction of sp³-hybridized carbons (Fsp3) is 0.611. The molecule has 1 aromatic heterocycles. The number of thiophene rings is 1. The van der Waals surface area contributed by atoms with Gasteiger partial charge in [-0.1, -0.05) is 6.07 Å². The predicted molar refractivity (Wildman–Crippen MR) is 99.6 cm³/mol. The summed E-state index contributed by atoms with van der Waals surface area (Å²) in [6, 6.07) is 3.60. The molecule has 3 rings (SSSR count). The van der Waals surface area contributed by atoms with Crippen LogP contribution in [0.5, 0.6) is 0 Å². The molecule has 0 saturated carbocycles. The van der Waals surface area contributed by atoms with Crippen LogP contribution in [0.1, 0.15) is 30.6 Å². The number of nitrogens with zero attached hydrogens (tertiary/aromatic N) is 2. The third-order valence-electron chi connectivity index (χ3n) is 4.88. The van der Waals surface area contributed by atoms with Crippen molar-refractivity contribution < 1.29 is 14.4 Å². The summed E-state index contributed by atoms with van der Waals surface area (Å²) in [6.45, 7) is 3.78. The largest absolute Gasteiger partial charge is 0.354 e. The van der Waals surface area contributed by atoms with Crippen molar-refractivity contribution in [1.82, 2.24) is 20.4 Å². The van der Waals surface area contributed by atoms with E-state index in [0.29, 0.717) is 32.6 Å². The summed E-state index contributed by atoms with van der Waals surface area (Å²) in [6.07, 6.45) is 2.73. The van der Waals surface area contributed by atoms with Crippen molar-refractivity contribution >= 4 is 29.1 Å². The summed E-state index contributed by atoms with van der Waals surface area (Å²) in [5.41, 5.74) is 0. The number of piperidine rings is 1. The number of hydrogen-bond acceptors (Lipinski definition) is 5. The molecule has 142 valence electrons. The molecular formula is C18H26N4O3S. The van der Waals surface area contributed by atoms with Gasteiger partial charge < -0.3 is 15.5 Å². The fourth-order valence-corrected chi connectivity index (χ4v) is 4.18. The molecule has 1 aromatic rings. The Morgan fingerprint density at radius 1 is 1.31 bits per heavy atom. The standard InChI is InChI=1S/C18H26N4O3S/c23-16(19-6-9-21-8-2-1-5-17(21)24)12-15-18(25)20-7-10-22(15)13-14-4-3-11-26-14/h3-4,11,15H,1-2,5-10,12-13H2,(H,19,23)(H,20,25). The van der Waals surface area contributed by atoms with Gasteiger partial charge in [0, 0.05) is 50.6 Å². The molecule has 0 aliphatic carbocycles. The van der Waals surface area contributed by atoms with E-state index >= 15 is 0 Å². The number of hydrogen-bond donors (Lipinski definition) is 2. The van der Waals surface area contributed by atoms with Gasteiger partial charge in [0.25, 0.3) is 0 Å². The van der Waals surface area contributed by atoms with Crippen LogP contribution >= 0.6 is 11.3 Å². The van der Waals surface area contributed by atoms with Crippen molar-refractivity contribution in [3.8, 4) is 0 Å². The van der Waals surface area contributed by atoms with E-state index in [0.717, 1.165) is 25.9 Å². The first kappa shape index (κ1) is 18.8. The molecule has 1 atom stereocenters. The van der Waals surface area contributed by atoms with Gasteiger partial charge in [-0.25, -0.2) is 0 Å². The number of carbonyl (C=O) groups excluding carboxylic acids is 3. The minimum Gasteiger partial charge on any atom is -0.354 e. The lowest BCUT2D eigenvalue weighted by Crippen LogP contribution is -2.56. The normalized spacial score (nSPS) is 21.5. The van der Waals surface area contributed by atoms with Gasteiger partial charge in [-0.05, 0) is 24.3 Å². The molecule has 8 heteroatoms. The van der Waals surface area contributed by atoms with E-state index in [1.807, 2.05) is 17.5 Å². The molecule has 7 nitrogen and oxygen atoms in total. The van der Waals surface area contributed by atoms with Gasteiger partial charge in [0.15, 0.2) is 0 Å². The van der Waals surface area contributed by atoms with Crippen LogP contribution in [0.3, 0.4) is 0 Å². The first-order chi connectivity index (χ1) is 12.6. The molecule has 2 aliphatic heterocycles. The Bertz CT molecular complexity index is 634. The molecule has 0 bridgehead atoms. The Morgan fingerprint density at radius 3 is 2.96 bits per heavy atom. The Balaban J connectivity index is 1.47. The third kappa shape index (κ3) is 5.04. The number of piperazine rings is 1. The number of likely N-dealkylation sites (tertiary alicyclic amines) is 1. The Labute approximate surface area is 157 Å². The van der Waals surface area contributed by atoms with Crippen LogP contribution in [0.15, 0.2) is 17.5 Å². The lowest BCUT2D eigenvalue weighted by atomic mass is 10.1. The van der Waals surface area contributed by atoms with Crippen LogP contribution in [-0.4, -0.2) is 66.3 Å². The van der Waals surface area contributed by atoms with E-state index in [2.05, 4.69) is 15.5 Å². The first-order valence-electron chi connectivity index (χ1n) is 9.22. The quantitative estimate of drug-likeness (QED) is 0.727. The zero-order valence-corrected chi connectivity index (χ0v) is 15.7. The van der Waals surface area contributed by atoms with Crippen LogP contribution in [0, 0.1) is 0 Å². The van der Waals surface area contributed by atoms with Crippen LogP contribution < -0.4 is 10.6 Å². The average molecular weight is 378 g/mol. The van der Waals surface area contributed by atoms with E-state index in [9.17, 15) is 14.4 Å². The minimum absolute atomic E-state index is 0.0887. The van der Waals surface area contributed by atoms with Crippen molar-refractivity contribution in [2.24, 2.45) is 0 Å². The Hall–Kier alpha value is -1.93. The van der Waals surface area contributed by atoms with Crippen LogP contribution in [0.4, 0.5) is 0 Å². The highest BCUT2D eigenvalue weighted by molar-refractivity contribution is 7.09. The van der Waals surface area contributed by atoms with E-state index < -0.39 is 6.04 Å². The highest BCUT2D eigenvalue weighted by atomic mass is 32.1. The maximum absolute atomic E-state index is 12.3. The zero-order chi connectivity index (χ0) is 18.4. The van der Waals surface area contributed by atoms with Crippen molar-refractivity contribution in [3.05, 3.63) is 22.4 Å². The molecule has 0 radical (unpaired) electrons. The molecule has 3 amide bonds. The number of carbonyl (C=O) groups is 3. The van der Waals surface area contributed by atoms with E-state index in [1.165, 1.54) is 4.88 Å².